The molecule has 2 aliphatic rings. The van der Waals surface area contributed by atoms with Crippen LogP contribution in [0, 0.1) is 5.92 Å². The zero-order valence-electron chi connectivity index (χ0n) is 27.6. The third-order valence-corrected chi connectivity index (χ3v) is 8.85. The minimum absolute atomic E-state index is 0.0347. The van der Waals surface area contributed by atoms with Crippen LogP contribution < -0.4 is 10.5 Å². The van der Waals surface area contributed by atoms with Crippen LogP contribution in [0.3, 0.4) is 0 Å². The molecule has 17 heteroatoms. The van der Waals surface area contributed by atoms with Crippen LogP contribution in [0.2, 0.25) is 0 Å². The topological polar surface area (TPSA) is 199 Å². The number of aromatic nitrogens is 2. The summed E-state index contributed by atoms with van der Waals surface area (Å²) in [5.41, 5.74) is 4.07. The molecule has 0 saturated carbocycles. The molecule has 2 atom stereocenters. The summed E-state index contributed by atoms with van der Waals surface area (Å²) in [5, 5.41) is 3.40. The first-order chi connectivity index (χ1) is 22.5. The van der Waals surface area contributed by atoms with E-state index in [2.05, 4.69) is 14.5 Å². The van der Waals surface area contributed by atoms with E-state index in [1.54, 1.807) is 45.0 Å². The average molecular weight is 704 g/mol. The molecule has 0 spiro atoms. The van der Waals surface area contributed by atoms with E-state index in [0.29, 0.717) is 16.9 Å². The van der Waals surface area contributed by atoms with Crippen LogP contribution in [0.25, 0.3) is 0 Å². The molecule has 4 rings (SSSR count). The summed E-state index contributed by atoms with van der Waals surface area (Å²) in [6, 6.07) is 6.91. The molecule has 1 fully saturated rings. The zero-order valence-corrected chi connectivity index (χ0v) is 29.2. The standard InChI is InChI=1S/C31H37N5O10S2/c1-16(37)43-14-18-15-47-26-20(25(39)36(26)23(18)27(40)44-13-17-8-10-19(42-7)11-9-17)12-21(38)22(24-33-29(32)48-35-24)34-46-31(5,6)28(41)45-30(2,3)4/h8-11,20,26H,12-15H2,1-7H3,(H2,32,33,35)/b34-22+/t20-,26?/m1/s1. The Labute approximate surface area is 285 Å². The van der Waals surface area contributed by atoms with E-state index in [9.17, 15) is 24.0 Å². The highest BCUT2D eigenvalue weighted by Gasteiger charge is 2.54. The Morgan fingerprint density at radius 2 is 1.75 bits per heavy atom. The van der Waals surface area contributed by atoms with E-state index in [4.69, 9.17) is 29.5 Å². The van der Waals surface area contributed by atoms with Crippen LogP contribution >= 0.6 is 23.3 Å². The van der Waals surface area contributed by atoms with Crippen molar-refractivity contribution in [2.24, 2.45) is 11.1 Å². The Bertz CT molecular complexity index is 1650. The molecule has 0 bridgehead atoms. The van der Waals surface area contributed by atoms with E-state index in [1.165, 1.54) is 44.5 Å². The van der Waals surface area contributed by atoms with Crippen molar-refractivity contribution in [3.05, 3.63) is 46.9 Å². The van der Waals surface area contributed by atoms with Gasteiger partial charge < -0.3 is 29.5 Å². The van der Waals surface area contributed by atoms with Crippen molar-refractivity contribution >= 4 is 63.7 Å². The van der Waals surface area contributed by atoms with Gasteiger partial charge in [0.1, 0.15) is 30.3 Å². The summed E-state index contributed by atoms with van der Waals surface area (Å²) in [5.74, 6) is -3.34. The zero-order chi connectivity index (χ0) is 35.4. The van der Waals surface area contributed by atoms with Gasteiger partial charge >= 0.3 is 17.9 Å². The first-order valence-electron chi connectivity index (χ1n) is 14.7. The van der Waals surface area contributed by atoms with Crippen LogP contribution in [0.4, 0.5) is 5.13 Å². The monoisotopic (exact) mass is 703 g/mol. The van der Waals surface area contributed by atoms with Crippen molar-refractivity contribution < 1.29 is 47.8 Å². The fraction of sp³-hybridized carbons (Fsp3) is 0.484. The SMILES string of the molecule is COc1ccc(COC(=O)C2=C(COC(C)=O)CSC3[C@H](CC(=O)/C(=N\OC(C)(C)C(=O)OC(C)(C)C)c4nsc(N)n4)C(=O)N23)cc1. The third kappa shape index (κ3) is 8.69. The van der Waals surface area contributed by atoms with Gasteiger partial charge in [-0.05, 0) is 52.3 Å². The largest absolute Gasteiger partial charge is 0.497 e. The fourth-order valence-corrected chi connectivity index (χ4v) is 6.32. The number of nitrogen functional groups attached to an aromatic ring is 1. The number of nitrogens with two attached hydrogens (primary N) is 1. The molecule has 258 valence electrons. The van der Waals surface area contributed by atoms with E-state index in [-0.39, 0.29) is 47.8 Å². The average Bonchev–Trinajstić information content (AvgIpc) is 3.45. The van der Waals surface area contributed by atoms with Crippen LogP contribution in [-0.2, 0) is 49.6 Å². The van der Waals surface area contributed by atoms with Crippen LogP contribution in [0.15, 0.2) is 40.7 Å². The predicted molar refractivity (Wildman–Crippen MR) is 175 cm³/mol. The normalized spacial score (nSPS) is 18.0. The number of fused-ring (bicyclic) bond motifs is 1. The molecule has 15 nitrogen and oxygen atoms in total. The van der Waals surface area contributed by atoms with Gasteiger partial charge in [-0.2, -0.15) is 9.36 Å². The first kappa shape index (κ1) is 36.3. The van der Waals surface area contributed by atoms with E-state index < -0.39 is 52.1 Å². The Morgan fingerprint density at radius 3 is 2.33 bits per heavy atom. The van der Waals surface area contributed by atoms with Gasteiger partial charge in [-0.15, -0.1) is 11.8 Å². The van der Waals surface area contributed by atoms with Crippen molar-refractivity contribution in [1.82, 2.24) is 14.3 Å². The quantitative estimate of drug-likeness (QED) is 0.105. The predicted octanol–water partition coefficient (Wildman–Crippen LogP) is 3.02. The van der Waals surface area contributed by atoms with Gasteiger partial charge in [0.2, 0.25) is 17.3 Å². The molecule has 2 aliphatic heterocycles. The third-order valence-electron chi connectivity index (χ3n) is 6.91. The van der Waals surface area contributed by atoms with Crippen molar-refractivity contribution in [1.29, 1.82) is 0 Å². The number of ether oxygens (including phenoxy) is 4. The molecular weight excluding hydrogens is 666 g/mol. The molecule has 3 heterocycles. The highest BCUT2D eigenvalue weighted by atomic mass is 32.2. The van der Waals surface area contributed by atoms with Crippen LogP contribution in [0.1, 0.15) is 59.4 Å². The second kappa shape index (κ2) is 14.7. The fourth-order valence-electron chi connectivity index (χ4n) is 4.49. The Morgan fingerprint density at radius 1 is 1.06 bits per heavy atom. The van der Waals surface area contributed by atoms with Crippen molar-refractivity contribution in [3.8, 4) is 5.75 Å². The lowest BCUT2D eigenvalue weighted by Gasteiger charge is -2.49. The molecule has 1 unspecified atom stereocenters. The minimum Gasteiger partial charge on any atom is -0.497 e. The smallest absolute Gasteiger partial charge is 0.355 e. The van der Waals surface area contributed by atoms with Gasteiger partial charge in [0.05, 0.1) is 18.4 Å². The van der Waals surface area contributed by atoms with Gasteiger partial charge in [0.25, 0.3) is 0 Å². The number of Topliss-reactive ketones (excluding diaryl/α,β-unsaturated/α-hetero) is 1. The van der Waals surface area contributed by atoms with Crippen LogP contribution in [0.5, 0.6) is 5.75 Å². The Balaban J connectivity index is 1.53. The highest BCUT2D eigenvalue weighted by Crippen LogP contribution is 2.45. The van der Waals surface area contributed by atoms with Crippen molar-refractivity contribution in [3.63, 3.8) is 0 Å². The Hall–Kier alpha value is -4.51. The number of carbonyl (C=O) groups is 5. The molecule has 2 N–H and O–H groups in total. The summed E-state index contributed by atoms with van der Waals surface area (Å²) in [6.07, 6.45) is -0.339. The number of hydrogen-bond acceptors (Lipinski definition) is 16. The minimum atomic E-state index is -1.59. The lowest BCUT2D eigenvalue weighted by Crippen LogP contribution is -2.62. The number of ketones is 1. The summed E-state index contributed by atoms with van der Waals surface area (Å²) in [4.78, 5) is 75.7. The molecule has 48 heavy (non-hydrogen) atoms. The second-order valence-electron chi connectivity index (χ2n) is 12.3. The maximum absolute atomic E-state index is 13.7. The number of carbonyl (C=O) groups excluding carboxylic acids is 5. The van der Waals surface area contributed by atoms with Gasteiger partial charge in [-0.1, -0.05) is 17.3 Å². The number of rotatable bonds is 13. The number of hydrogen-bond donors (Lipinski definition) is 1. The lowest BCUT2D eigenvalue weighted by atomic mass is 9.89. The molecule has 1 aromatic carbocycles. The van der Waals surface area contributed by atoms with Gasteiger partial charge in [0, 0.05) is 36.2 Å². The number of methoxy groups -OCH3 is 1. The van der Waals surface area contributed by atoms with Crippen LogP contribution in [-0.4, -0.2) is 85.6 Å². The summed E-state index contributed by atoms with van der Waals surface area (Å²) < 4.78 is 25.3. The van der Waals surface area contributed by atoms with E-state index in [0.717, 1.165) is 11.5 Å². The second-order valence-corrected chi connectivity index (χ2v) is 14.2. The molecule has 1 aromatic heterocycles. The van der Waals surface area contributed by atoms with Gasteiger partial charge in [-0.3, -0.25) is 19.3 Å². The van der Waals surface area contributed by atoms with Crippen molar-refractivity contribution in [2.75, 3.05) is 25.2 Å². The summed E-state index contributed by atoms with van der Waals surface area (Å²) >= 11 is 2.13. The number of β-lactam (4-membered cyclic amide) rings is 1. The molecular formula is C31H37N5O10S2. The number of amides is 1. The summed E-state index contributed by atoms with van der Waals surface area (Å²) in [7, 11) is 1.54. The lowest BCUT2D eigenvalue weighted by molar-refractivity contribution is -0.179. The Kier molecular flexibility index (Phi) is 11.1. The maximum Gasteiger partial charge on any atom is 0.355 e. The molecule has 1 amide bonds. The van der Waals surface area contributed by atoms with Crippen molar-refractivity contribution in [2.45, 2.75) is 71.1 Å². The first-order valence-corrected chi connectivity index (χ1v) is 16.6. The molecule has 1 saturated heterocycles. The number of oxime groups is 1. The number of anilines is 1. The summed E-state index contributed by atoms with van der Waals surface area (Å²) in [6.45, 7) is 8.89. The number of esters is 3. The maximum atomic E-state index is 13.7. The number of nitrogens with zero attached hydrogens (tertiary/aromatic N) is 4. The van der Waals surface area contributed by atoms with Gasteiger partial charge in [-0.25, -0.2) is 9.59 Å². The molecule has 0 aliphatic carbocycles. The number of thioether (sulfide) groups is 1. The highest BCUT2D eigenvalue weighted by molar-refractivity contribution is 8.00. The molecule has 2 aromatic rings. The molecule has 0 radical (unpaired) electrons. The number of benzene rings is 1. The van der Waals surface area contributed by atoms with E-state index >= 15 is 0 Å². The van der Waals surface area contributed by atoms with Gasteiger partial charge in [0.15, 0.2) is 16.6 Å². The van der Waals surface area contributed by atoms with E-state index in [1.807, 2.05) is 0 Å².